The van der Waals surface area contributed by atoms with Crippen molar-refractivity contribution in [3.8, 4) is 0 Å². The molecule has 21 heavy (non-hydrogen) atoms. The third kappa shape index (κ3) is 5.84. The molecule has 120 valence electrons. The number of hydrogen-bond donors (Lipinski definition) is 0. The first kappa shape index (κ1) is 18.3. The molecular weight excluding hydrogens is 312 g/mol. The lowest BCUT2D eigenvalue weighted by molar-refractivity contribution is 0.265. The Hall–Kier alpha value is -0.793. The van der Waals surface area contributed by atoms with Crippen molar-refractivity contribution in [2.75, 3.05) is 6.61 Å². The van der Waals surface area contributed by atoms with Gasteiger partial charge >= 0.3 is 10.5 Å². The molecule has 0 aromatic heterocycles. The molecule has 0 amide bonds. The van der Waals surface area contributed by atoms with Gasteiger partial charge in [0.25, 0.3) is 0 Å². The minimum absolute atomic E-state index is 0.0192. The fourth-order valence-electron chi connectivity index (χ4n) is 1.51. The zero-order valence-electron chi connectivity index (χ0n) is 13.1. The summed E-state index contributed by atoms with van der Waals surface area (Å²) in [5, 5.41) is -0.0267. The lowest BCUT2D eigenvalue weighted by Gasteiger charge is -2.36. The van der Waals surface area contributed by atoms with Gasteiger partial charge in [-0.15, -0.1) is 0 Å². The van der Waals surface area contributed by atoms with Gasteiger partial charge in [-0.3, -0.25) is 0 Å². The van der Waals surface area contributed by atoms with Crippen LogP contribution >= 0.6 is 0 Å². The number of rotatable bonds is 5. The third-order valence-corrected chi connectivity index (χ3v) is 8.84. The molecule has 0 bridgehead atoms. The van der Waals surface area contributed by atoms with Crippen LogP contribution in [0.5, 0.6) is 0 Å². The van der Waals surface area contributed by atoms with Crippen LogP contribution in [-0.4, -0.2) is 19.1 Å². The molecule has 0 aliphatic rings. The van der Waals surface area contributed by atoms with Crippen LogP contribution in [-0.2, 0) is 14.9 Å². The van der Waals surface area contributed by atoms with E-state index in [1.807, 2.05) is 13.1 Å². The molecule has 0 heterocycles. The minimum Gasteiger partial charge on any atom is -0.414 e. The van der Waals surface area contributed by atoms with Gasteiger partial charge in [-0.25, -0.2) is 0 Å². The van der Waals surface area contributed by atoms with Gasteiger partial charge in [-0.2, -0.15) is 8.57 Å². The van der Waals surface area contributed by atoms with Crippen molar-refractivity contribution in [2.24, 2.45) is 4.36 Å². The molecule has 7 heteroatoms. The van der Waals surface area contributed by atoms with Gasteiger partial charge in [0, 0.05) is 0 Å². The number of nitrogens with zero attached hydrogens (tertiary/aromatic N) is 1. The van der Waals surface area contributed by atoms with Gasteiger partial charge < -0.3 is 4.43 Å². The van der Waals surface area contributed by atoms with Gasteiger partial charge in [0.2, 0.25) is 0 Å². The van der Waals surface area contributed by atoms with Crippen LogP contribution in [0.3, 0.4) is 0 Å². The van der Waals surface area contributed by atoms with Gasteiger partial charge in [-0.1, -0.05) is 58.9 Å². The molecule has 1 aromatic carbocycles. The Morgan fingerprint density at radius 1 is 1.24 bits per heavy atom. The molecule has 1 aromatic rings. The highest BCUT2D eigenvalue weighted by molar-refractivity contribution is 7.83. The minimum atomic E-state index is -5.16. The number of hydrogen-bond acceptors (Lipinski definition) is 3. The molecule has 0 aliphatic heterocycles. The van der Waals surface area contributed by atoms with E-state index in [1.54, 1.807) is 30.3 Å². The summed E-state index contributed by atoms with van der Waals surface area (Å²) >= 11 is 0. The van der Waals surface area contributed by atoms with E-state index in [-0.39, 0.29) is 11.6 Å². The summed E-state index contributed by atoms with van der Waals surface area (Å²) in [6.07, 6.45) is 0. The van der Waals surface area contributed by atoms with E-state index in [0.29, 0.717) is 5.56 Å². The van der Waals surface area contributed by atoms with Crippen LogP contribution < -0.4 is 0 Å². The molecule has 0 fully saturated rings. The number of benzene rings is 1. The Bertz CT molecular complexity index is 570. The molecular formula is C14H23F2NO2SSi. The van der Waals surface area contributed by atoms with Crippen LogP contribution in [0.1, 0.15) is 32.4 Å². The Balaban J connectivity index is 2.99. The molecule has 0 radical (unpaired) electrons. The van der Waals surface area contributed by atoms with Gasteiger partial charge in [0.05, 0.1) is 6.61 Å². The highest BCUT2D eigenvalue weighted by atomic mass is 32.3. The average molecular weight is 335 g/mol. The molecule has 1 rings (SSSR count). The molecule has 0 saturated heterocycles. The van der Waals surface area contributed by atoms with Crippen LogP contribution in [0.25, 0.3) is 0 Å². The number of halogens is 2. The predicted molar refractivity (Wildman–Crippen MR) is 85.1 cm³/mol. The third-order valence-electron chi connectivity index (χ3n) is 3.84. The standard InChI is InChI=1S/C14H23F2NO2SSi/c1-14(2,3)21(4,5)19-11-13(17-20(15,16)18)12-9-7-6-8-10-12/h6-10,13H,11H2,1-5H3/t13-/m0/s1. The highest BCUT2D eigenvalue weighted by Gasteiger charge is 2.37. The Labute approximate surface area is 127 Å². The van der Waals surface area contributed by atoms with E-state index < -0.39 is 24.9 Å². The highest BCUT2D eigenvalue weighted by Crippen LogP contribution is 2.37. The van der Waals surface area contributed by atoms with Gasteiger partial charge in [0.1, 0.15) is 6.04 Å². The zero-order valence-corrected chi connectivity index (χ0v) is 14.9. The molecule has 0 spiro atoms. The van der Waals surface area contributed by atoms with Crippen LogP contribution in [0.15, 0.2) is 34.7 Å². The first-order valence-electron chi connectivity index (χ1n) is 6.77. The lowest BCUT2D eigenvalue weighted by Crippen LogP contribution is -2.41. The average Bonchev–Trinajstić information content (AvgIpc) is 2.33. The Morgan fingerprint density at radius 3 is 2.19 bits per heavy atom. The van der Waals surface area contributed by atoms with E-state index in [2.05, 4.69) is 25.1 Å². The zero-order chi connectivity index (χ0) is 16.3. The quantitative estimate of drug-likeness (QED) is 0.562. The van der Waals surface area contributed by atoms with E-state index in [0.717, 1.165) is 0 Å². The monoisotopic (exact) mass is 335 g/mol. The summed E-state index contributed by atoms with van der Waals surface area (Å²) in [5.41, 5.74) is 0.583. The smallest absolute Gasteiger partial charge is 0.367 e. The summed E-state index contributed by atoms with van der Waals surface area (Å²) in [5.74, 6) is 0. The van der Waals surface area contributed by atoms with Crippen molar-refractivity contribution in [1.82, 2.24) is 0 Å². The Morgan fingerprint density at radius 2 is 1.76 bits per heavy atom. The predicted octanol–water partition coefficient (Wildman–Crippen LogP) is 4.99. The summed E-state index contributed by atoms with van der Waals surface area (Å²) in [7, 11) is -7.24. The molecule has 0 N–H and O–H groups in total. The van der Waals surface area contributed by atoms with E-state index >= 15 is 0 Å². The Kier molecular flexibility index (Phi) is 5.68. The maximum atomic E-state index is 12.8. The summed E-state index contributed by atoms with van der Waals surface area (Å²) in [6, 6.07) is 7.73. The first-order chi connectivity index (χ1) is 9.42. The van der Waals surface area contributed by atoms with Crippen LogP contribution in [0.2, 0.25) is 18.1 Å². The van der Waals surface area contributed by atoms with E-state index in [9.17, 15) is 12.0 Å². The second-order valence-electron chi connectivity index (χ2n) is 6.50. The summed E-state index contributed by atoms with van der Waals surface area (Å²) < 4.78 is 45.5. The maximum absolute atomic E-state index is 12.8. The molecule has 0 aliphatic carbocycles. The largest absolute Gasteiger partial charge is 0.414 e. The van der Waals surface area contributed by atoms with Gasteiger partial charge in [0.15, 0.2) is 8.32 Å². The van der Waals surface area contributed by atoms with Gasteiger partial charge in [-0.05, 0) is 23.7 Å². The van der Waals surface area contributed by atoms with E-state index in [4.69, 9.17) is 4.43 Å². The molecule has 3 nitrogen and oxygen atoms in total. The molecule has 0 saturated carbocycles. The SMILES string of the molecule is CC(C)(C)[Si](C)(C)OC[C@H](N=S(=O)(F)F)c1ccccc1. The van der Waals surface area contributed by atoms with Crippen molar-refractivity contribution < 1.29 is 16.4 Å². The van der Waals surface area contributed by atoms with Crippen molar-refractivity contribution in [3.05, 3.63) is 35.9 Å². The fourth-order valence-corrected chi connectivity index (χ4v) is 3.00. The van der Waals surface area contributed by atoms with Crippen molar-refractivity contribution in [3.63, 3.8) is 0 Å². The summed E-state index contributed by atoms with van der Waals surface area (Å²) in [6.45, 7) is 10.3. The van der Waals surface area contributed by atoms with Crippen molar-refractivity contribution >= 4 is 18.8 Å². The summed E-state index contributed by atoms with van der Waals surface area (Å²) in [4.78, 5) is 0. The first-order valence-corrected chi connectivity index (χ1v) is 11.0. The van der Waals surface area contributed by atoms with Crippen molar-refractivity contribution in [2.45, 2.75) is 44.9 Å². The normalized spacial score (nSPS) is 14.8. The molecule has 0 unspecified atom stereocenters. The van der Waals surface area contributed by atoms with E-state index in [1.165, 1.54) is 0 Å². The van der Waals surface area contributed by atoms with Crippen LogP contribution in [0, 0.1) is 0 Å². The second kappa shape index (κ2) is 6.54. The molecule has 1 atom stereocenters. The lowest BCUT2D eigenvalue weighted by atomic mass is 10.1. The van der Waals surface area contributed by atoms with Crippen molar-refractivity contribution in [1.29, 1.82) is 0 Å². The topological polar surface area (TPSA) is 38.7 Å². The van der Waals surface area contributed by atoms with Crippen LogP contribution in [0.4, 0.5) is 7.77 Å². The maximum Gasteiger partial charge on any atom is 0.367 e. The fraction of sp³-hybridized carbons (Fsp3) is 0.571. The second-order valence-corrected chi connectivity index (χ2v) is 12.3.